The zero-order valence-corrected chi connectivity index (χ0v) is 27.3. The van der Waals surface area contributed by atoms with E-state index < -0.39 is 6.10 Å². The lowest BCUT2D eigenvalue weighted by Crippen LogP contribution is -2.43. The van der Waals surface area contributed by atoms with Crippen LogP contribution in [0.1, 0.15) is 56.1 Å². The number of likely N-dealkylation sites (N-methyl/N-ethyl adjacent to an activating group) is 1. The maximum absolute atomic E-state index is 13.4. The summed E-state index contributed by atoms with van der Waals surface area (Å²) in [5.74, 6) is 2.13. The number of nitrogens with zero attached hydrogens (tertiary/aromatic N) is 2. The lowest BCUT2D eigenvalue weighted by atomic mass is 10.1. The highest BCUT2D eigenvalue weighted by Gasteiger charge is 2.26. The van der Waals surface area contributed by atoms with Crippen LogP contribution in [0.5, 0.6) is 17.2 Å². The highest BCUT2D eigenvalue weighted by Crippen LogP contribution is 2.30. The molecule has 4 aromatic rings. The summed E-state index contributed by atoms with van der Waals surface area (Å²) in [4.78, 5) is 17.3. The molecule has 45 heavy (non-hydrogen) atoms. The van der Waals surface area contributed by atoms with Crippen molar-refractivity contribution in [2.75, 3.05) is 20.7 Å². The Balaban J connectivity index is 1.48. The average Bonchev–Trinajstić information content (AvgIpc) is 3.03. The first kappa shape index (κ1) is 33.4. The van der Waals surface area contributed by atoms with Crippen molar-refractivity contribution >= 4 is 6.09 Å². The molecular weight excluding hydrogens is 564 g/mol. The van der Waals surface area contributed by atoms with Gasteiger partial charge in [-0.25, -0.2) is 4.79 Å². The molecule has 0 radical (unpaired) electrons. The molecule has 1 amide bonds. The predicted octanol–water partition coefficient (Wildman–Crippen LogP) is 8.28. The predicted molar refractivity (Wildman–Crippen MR) is 179 cm³/mol. The van der Waals surface area contributed by atoms with E-state index in [2.05, 4.69) is 4.90 Å². The summed E-state index contributed by atoms with van der Waals surface area (Å²) in [6, 6.07) is 33.9. The number of ether oxygens (including phenoxy) is 4. The van der Waals surface area contributed by atoms with E-state index in [1.54, 1.807) is 12.0 Å². The molecule has 4 aromatic carbocycles. The molecule has 7 nitrogen and oxygen atoms in total. The van der Waals surface area contributed by atoms with Gasteiger partial charge in [-0.2, -0.15) is 0 Å². The molecule has 1 unspecified atom stereocenters. The van der Waals surface area contributed by atoms with Crippen molar-refractivity contribution in [3.05, 3.63) is 125 Å². The molecule has 7 heteroatoms. The molecule has 0 saturated carbocycles. The standard InChI is InChI=1S/C38H46N2O5/c1-28(2)40(29(3)4)38(41)45-37(33-18-20-34(21-19-33)43-26-30-13-9-7-10-14-30)25-39(5)24-32-17-22-35(42-6)36(23-32)44-27-31-15-11-8-12-16-31/h7-23,28-29,37H,24-27H2,1-6H3. The molecule has 4 rings (SSSR count). The van der Waals surface area contributed by atoms with Crippen molar-refractivity contribution in [2.45, 2.75) is 65.6 Å². The van der Waals surface area contributed by atoms with Gasteiger partial charge in [0, 0.05) is 25.2 Å². The van der Waals surface area contributed by atoms with Gasteiger partial charge >= 0.3 is 6.09 Å². The lowest BCUT2D eigenvalue weighted by Gasteiger charge is -2.33. The van der Waals surface area contributed by atoms with Crippen molar-refractivity contribution in [3.63, 3.8) is 0 Å². The van der Waals surface area contributed by atoms with E-state index in [1.165, 1.54) is 0 Å². The smallest absolute Gasteiger partial charge is 0.410 e. The number of amides is 1. The number of rotatable bonds is 15. The molecule has 0 heterocycles. The Kier molecular flexibility index (Phi) is 12.3. The van der Waals surface area contributed by atoms with E-state index >= 15 is 0 Å². The quantitative estimate of drug-likeness (QED) is 0.135. The van der Waals surface area contributed by atoms with E-state index in [1.807, 2.05) is 138 Å². The van der Waals surface area contributed by atoms with Gasteiger partial charge < -0.3 is 23.8 Å². The molecular formula is C38H46N2O5. The van der Waals surface area contributed by atoms with Gasteiger partial charge in [0.05, 0.1) is 7.11 Å². The number of carbonyl (C=O) groups is 1. The maximum atomic E-state index is 13.4. The Morgan fingerprint density at radius 1 is 0.689 bits per heavy atom. The number of carbonyl (C=O) groups excluding carboxylic acids is 1. The fraction of sp³-hybridized carbons (Fsp3) is 0.342. The Bertz CT molecular complexity index is 1450. The SMILES string of the molecule is COc1ccc(CN(C)CC(OC(=O)N(C(C)C)C(C)C)c2ccc(OCc3ccccc3)cc2)cc1OCc1ccccc1. The van der Waals surface area contributed by atoms with Crippen LogP contribution in [-0.2, 0) is 24.5 Å². The molecule has 0 saturated heterocycles. The molecule has 0 spiro atoms. The summed E-state index contributed by atoms with van der Waals surface area (Å²) in [6.45, 7) is 10.1. The second-order valence-electron chi connectivity index (χ2n) is 11.8. The number of hydrogen-bond acceptors (Lipinski definition) is 6. The monoisotopic (exact) mass is 610 g/mol. The number of hydrogen-bond donors (Lipinski definition) is 0. The van der Waals surface area contributed by atoms with Crippen LogP contribution in [0.15, 0.2) is 103 Å². The molecule has 0 aliphatic rings. The second-order valence-corrected chi connectivity index (χ2v) is 11.8. The number of benzene rings is 4. The normalized spacial score (nSPS) is 11.8. The zero-order valence-electron chi connectivity index (χ0n) is 27.3. The summed E-state index contributed by atoms with van der Waals surface area (Å²) in [6.07, 6.45) is -0.818. The Morgan fingerprint density at radius 3 is 1.82 bits per heavy atom. The van der Waals surface area contributed by atoms with E-state index in [-0.39, 0.29) is 18.2 Å². The first-order chi connectivity index (χ1) is 21.7. The second kappa shape index (κ2) is 16.5. The Morgan fingerprint density at radius 2 is 1.27 bits per heavy atom. The first-order valence-corrected chi connectivity index (χ1v) is 15.5. The van der Waals surface area contributed by atoms with Gasteiger partial charge in [-0.05, 0) is 81.3 Å². The average molecular weight is 611 g/mol. The molecule has 0 aromatic heterocycles. The van der Waals surface area contributed by atoms with Gasteiger partial charge in [0.2, 0.25) is 0 Å². The molecule has 0 N–H and O–H groups in total. The third-order valence-corrected chi connectivity index (χ3v) is 7.46. The van der Waals surface area contributed by atoms with E-state index in [0.29, 0.717) is 37.8 Å². The summed E-state index contributed by atoms with van der Waals surface area (Å²) in [5.41, 5.74) is 4.14. The zero-order chi connectivity index (χ0) is 32.2. The molecule has 0 bridgehead atoms. The van der Waals surface area contributed by atoms with Crippen molar-refractivity contribution in [1.29, 1.82) is 0 Å². The summed E-state index contributed by atoms with van der Waals surface area (Å²) >= 11 is 0. The van der Waals surface area contributed by atoms with Gasteiger partial charge in [-0.1, -0.05) is 78.9 Å². The van der Waals surface area contributed by atoms with Crippen molar-refractivity contribution in [2.24, 2.45) is 0 Å². The van der Waals surface area contributed by atoms with Crippen LogP contribution in [0, 0.1) is 0 Å². The Hall–Kier alpha value is -4.49. The van der Waals surface area contributed by atoms with Crippen LogP contribution in [0.25, 0.3) is 0 Å². The fourth-order valence-corrected chi connectivity index (χ4v) is 5.26. The highest BCUT2D eigenvalue weighted by molar-refractivity contribution is 5.68. The van der Waals surface area contributed by atoms with Gasteiger partial charge in [0.25, 0.3) is 0 Å². The minimum Gasteiger partial charge on any atom is -0.493 e. The summed E-state index contributed by atoms with van der Waals surface area (Å²) < 4.78 is 23.9. The van der Waals surface area contributed by atoms with Crippen LogP contribution < -0.4 is 14.2 Å². The number of methoxy groups -OCH3 is 1. The largest absolute Gasteiger partial charge is 0.493 e. The minimum atomic E-state index is -0.488. The van der Waals surface area contributed by atoms with Crippen molar-refractivity contribution < 1.29 is 23.7 Å². The van der Waals surface area contributed by atoms with Gasteiger partial charge in [0.1, 0.15) is 25.1 Å². The van der Waals surface area contributed by atoms with Crippen LogP contribution in [0.2, 0.25) is 0 Å². The van der Waals surface area contributed by atoms with Gasteiger partial charge in [-0.3, -0.25) is 4.90 Å². The molecule has 238 valence electrons. The van der Waals surface area contributed by atoms with Gasteiger partial charge in [0.15, 0.2) is 11.5 Å². The molecule has 0 fully saturated rings. The van der Waals surface area contributed by atoms with Crippen molar-refractivity contribution in [3.8, 4) is 17.2 Å². The fourth-order valence-electron chi connectivity index (χ4n) is 5.26. The van der Waals surface area contributed by atoms with E-state index in [9.17, 15) is 4.79 Å². The minimum absolute atomic E-state index is 0.0123. The summed E-state index contributed by atoms with van der Waals surface area (Å²) in [7, 11) is 3.67. The molecule has 1 atom stereocenters. The first-order valence-electron chi connectivity index (χ1n) is 15.5. The van der Waals surface area contributed by atoms with Crippen molar-refractivity contribution in [1.82, 2.24) is 9.80 Å². The summed E-state index contributed by atoms with van der Waals surface area (Å²) in [5, 5.41) is 0. The van der Waals surface area contributed by atoms with Gasteiger partial charge in [-0.15, -0.1) is 0 Å². The van der Waals surface area contributed by atoms with E-state index in [0.717, 1.165) is 28.0 Å². The Labute approximate surface area is 268 Å². The topological polar surface area (TPSA) is 60.5 Å². The molecule has 0 aliphatic heterocycles. The van der Waals surface area contributed by atoms with Crippen LogP contribution in [0.4, 0.5) is 4.79 Å². The highest BCUT2D eigenvalue weighted by atomic mass is 16.6. The van der Waals surface area contributed by atoms with Crippen LogP contribution >= 0.6 is 0 Å². The van der Waals surface area contributed by atoms with E-state index in [4.69, 9.17) is 18.9 Å². The van der Waals surface area contributed by atoms with Crippen LogP contribution in [-0.4, -0.2) is 48.7 Å². The third kappa shape index (κ3) is 10.0. The maximum Gasteiger partial charge on any atom is 0.410 e. The van der Waals surface area contributed by atoms with Crippen LogP contribution in [0.3, 0.4) is 0 Å². The lowest BCUT2D eigenvalue weighted by molar-refractivity contribution is 0.0313. The molecule has 0 aliphatic carbocycles. The third-order valence-electron chi connectivity index (χ3n) is 7.46.